The van der Waals surface area contributed by atoms with Crippen LogP contribution in [0.2, 0.25) is 10.0 Å². The number of esters is 2. The molecule has 2 aromatic carbocycles. The number of ether oxygens (including phenoxy) is 4. The van der Waals surface area contributed by atoms with Gasteiger partial charge in [-0.2, -0.15) is 8.78 Å². The number of pyridine rings is 1. The number of nitrogens with zero attached hydrogens (tertiary/aromatic N) is 1. The van der Waals surface area contributed by atoms with Gasteiger partial charge in [-0.05, 0) is 93.0 Å². The molecule has 2 aliphatic rings. The van der Waals surface area contributed by atoms with Gasteiger partial charge in [-0.1, -0.05) is 59.6 Å². The quantitative estimate of drug-likeness (QED) is 0.106. The lowest BCUT2D eigenvalue weighted by molar-refractivity contribution is -0.377. The highest BCUT2D eigenvalue weighted by Gasteiger charge is 2.28. The lowest BCUT2D eigenvalue weighted by atomic mass is 9.98. The molecule has 0 radical (unpaired) electrons. The minimum atomic E-state index is -3.05. The number of alkyl halides is 2. The molecule has 1 unspecified atom stereocenters. The lowest BCUT2D eigenvalue weighted by Crippen LogP contribution is -2.34. The summed E-state index contributed by atoms with van der Waals surface area (Å²) in [6, 6.07) is 16.6. The van der Waals surface area contributed by atoms with Crippen molar-refractivity contribution in [3.63, 3.8) is 0 Å². The van der Waals surface area contributed by atoms with Crippen LogP contribution in [0.3, 0.4) is 0 Å². The normalized spacial score (nSPS) is 16.0. The Morgan fingerprint density at radius 1 is 0.926 bits per heavy atom. The Balaban J connectivity index is 0.00000561. The molecule has 54 heavy (non-hydrogen) atoms. The summed E-state index contributed by atoms with van der Waals surface area (Å²) < 4.78 is 49.0. The molecule has 4 aromatic rings. The number of aromatic amines is 1. The van der Waals surface area contributed by atoms with E-state index in [1.165, 1.54) is 17.4 Å². The molecule has 2 aromatic heterocycles. The fourth-order valence-corrected chi connectivity index (χ4v) is 7.45. The molecule has 1 aliphatic heterocycles. The number of piperidine rings is 1. The maximum atomic E-state index is 13.7. The second kappa shape index (κ2) is 19.7. The number of H-pyrrole nitrogens is 1. The van der Waals surface area contributed by atoms with Crippen molar-refractivity contribution in [3.8, 4) is 11.5 Å². The second-order valence-electron chi connectivity index (χ2n) is 13.4. The van der Waals surface area contributed by atoms with Crippen LogP contribution in [0.15, 0.2) is 73.1 Å². The number of hydrogen-bond acceptors (Lipinski definition) is 10. The molecule has 0 amide bonds. The number of carbonyl (C=O) groups excluding carboxylic acids is 2. The molecule has 15 heteroatoms. The highest BCUT2D eigenvalue weighted by molar-refractivity contribution is 7.13. The highest BCUT2D eigenvalue weighted by atomic mass is 35.5. The number of nitrogens with one attached hydrogen (secondary N) is 2. The average Bonchev–Trinajstić information content (AvgIpc) is 3.86. The number of thiophene rings is 1. The van der Waals surface area contributed by atoms with Gasteiger partial charge in [0, 0.05) is 23.4 Å². The first kappa shape index (κ1) is 41.3. The van der Waals surface area contributed by atoms with Gasteiger partial charge in [0.2, 0.25) is 0 Å². The summed E-state index contributed by atoms with van der Waals surface area (Å²) in [5.74, 6) is -0.266. The molecule has 290 valence electrons. The van der Waals surface area contributed by atoms with E-state index in [1.54, 1.807) is 36.7 Å². The minimum absolute atomic E-state index is 0. The molecule has 10 nitrogen and oxygen atoms in total. The number of benzene rings is 2. The molecule has 3 heterocycles. The first-order chi connectivity index (χ1) is 25.6. The van der Waals surface area contributed by atoms with Crippen molar-refractivity contribution in [2.75, 3.05) is 33.4 Å². The molecule has 2 atom stereocenters. The van der Waals surface area contributed by atoms with Crippen molar-refractivity contribution in [1.82, 2.24) is 10.2 Å². The minimum Gasteiger partial charge on any atom is -0.870 e. The summed E-state index contributed by atoms with van der Waals surface area (Å²) in [5.41, 5.74) is 1.79. The van der Waals surface area contributed by atoms with Crippen molar-refractivity contribution in [3.05, 3.63) is 110 Å². The van der Waals surface area contributed by atoms with Gasteiger partial charge < -0.3 is 29.3 Å². The molecule has 1 saturated heterocycles. The van der Waals surface area contributed by atoms with Gasteiger partial charge in [-0.15, -0.1) is 11.3 Å². The van der Waals surface area contributed by atoms with Gasteiger partial charge in [-0.25, -0.2) is 14.6 Å². The van der Waals surface area contributed by atoms with Crippen LogP contribution in [0.4, 0.5) is 8.78 Å². The third-order valence-corrected chi connectivity index (χ3v) is 11.1. The summed E-state index contributed by atoms with van der Waals surface area (Å²) in [5, 5.41) is 4.00. The van der Waals surface area contributed by atoms with Crippen LogP contribution in [0, 0.1) is 11.8 Å². The van der Waals surface area contributed by atoms with Gasteiger partial charge in [0.25, 0.3) is 0 Å². The van der Waals surface area contributed by atoms with E-state index < -0.39 is 24.7 Å². The van der Waals surface area contributed by atoms with E-state index in [2.05, 4.69) is 22.2 Å². The van der Waals surface area contributed by atoms with Crippen LogP contribution >= 0.6 is 34.5 Å². The molecule has 3 N–H and O–H groups in total. The summed E-state index contributed by atoms with van der Waals surface area (Å²) in [4.78, 5) is 33.4. The maximum absolute atomic E-state index is 13.7. The van der Waals surface area contributed by atoms with Gasteiger partial charge in [0.05, 0.1) is 13.2 Å². The van der Waals surface area contributed by atoms with Gasteiger partial charge in [0.15, 0.2) is 23.9 Å². The summed E-state index contributed by atoms with van der Waals surface area (Å²) in [6.45, 7) is -0.0527. The standard InChI is InChI=1S/C39H41Cl2F2N3O6S.H2O/c1-46-15-13-25(14-16-46)23-50-38(48)36(26-5-3-2-4-6-26)45-19-28-10-12-35(53-28)37(47)51-33(18-29-30(40)20-44-21-31(29)41)27-9-11-32(52-39(42)43)34(17-27)49-22-24-7-8-24;/h2-6,9-12,17,20-21,24-25,33,36,39,45H,7-8,13-16,18-19,22-23H2,1H3;1H2/t33-,36?;/m0./s1. The van der Waals surface area contributed by atoms with E-state index in [0.29, 0.717) is 57.6 Å². The van der Waals surface area contributed by atoms with Crippen LogP contribution in [-0.2, 0) is 27.2 Å². The first-order valence-corrected chi connectivity index (χ1v) is 19.2. The van der Waals surface area contributed by atoms with E-state index in [1.807, 2.05) is 30.3 Å². The van der Waals surface area contributed by atoms with Gasteiger partial charge in [-0.3, -0.25) is 5.32 Å². The smallest absolute Gasteiger partial charge is 0.387 e. The van der Waals surface area contributed by atoms with Crippen molar-refractivity contribution >= 4 is 46.5 Å². The molecule has 6 rings (SSSR count). The van der Waals surface area contributed by atoms with Crippen LogP contribution in [0.1, 0.15) is 69.1 Å². The van der Waals surface area contributed by atoms with Crippen molar-refractivity contribution in [2.24, 2.45) is 11.8 Å². The number of halogens is 4. The second-order valence-corrected chi connectivity index (χ2v) is 15.4. The zero-order valence-electron chi connectivity index (χ0n) is 29.7. The highest BCUT2D eigenvalue weighted by Crippen LogP contribution is 2.38. The Bertz CT molecular complexity index is 1820. The zero-order valence-corrected chi connectivity index (χ0v) is 32.0. The predicted octanol–water partition coefficient (Wildman–Crippen LogP) is 7.94. The number of aromatic nitrogens is 1. The van der Waals surface area contributed by atoms with Gasteiger partial charge >= 0.3 is 18.6 Å². The predicted molar refractivity (Wildman–Crippen MR) is 200 cm³/mol. The lowest BCUT2D eigenvalue weighted by Gasteiger charge is -2.29. The van der Waals surface area contributed by atoms with Crippen molar-refractivity contribution in [1.29, 1.82) is 0 Å². The van der Waals surface area contributed by atoms with Crippen molar-refractivity contribution in [2.45, 2.75) is 57.4 Å². The topological polar surface area (TPSA) is 130 Å². The fraction of sp³-hybridized carbons (Fsp3) is 0.410. The molecule has 1 saturated carbocycles. The third-order valence-electron chi connectivity index (χ3n) is 9.37. The Morgan fingerprint density at radius 3 is 2.31 bits per heavy atom. The largest absolute Gasteiger partial charge is 0.870 e. The van der Waals surface area contributed by atoms with Crippen molar-refractivity contribution < 1.29 is 47.8 Å². The number of carbonyl (C=O) groups is 2. The molecular weight excluding hydrogens is 763 g/mol. The number of rotatable bonds is 17. The number of hydrogen-bond donors (Lipinski definition) is 1. The monoisotopic (exact) mass is 805 g/mol. The molecule has 2 fully saturated rings. The van der Waals surface area contributed by atoms with E-state index in [-0.39, 0.29) is 29.4 Å². The Morgan fingerprint density at radius 2 is 1.63 bits per heavy atom. The fourth-order valence-electron chi connectivity index (χ4n) is 6.07. The van der Waals surface area contributed by atoms with Gasteiger partial charge in [0.1, 0.15) is 27.1 Å². The summed E-state index contributed by atoms with van der Waals surface area (Å²) in [7, 11) is 2.10. The Hall–Kier alpha value is -3.85. The Labute approximate surface area is 327 Å². The van der Waals surface area contributed by atoms with Crippen LogP contribution in [0.25, 0.3) is 0 Å². The van der Waals surface area contributed by atoms with E-state index in [9.17, 15) is 18.4 Å². The average molecular weight is 807 g/mol. The maximum Gasteiger partial charge on any atom is 0.387 e. The van der Waals surface area contributed by atoms with E-state index in [0.717, 1.165) is 49.2 Å². The zero-order chi connectivity index (χ0) is 37.3. The molecule has 0 spiro atoms. The third kappa shape index (κ3) is 11.6. The Kier molecular flexibility index (Phi) is 15.0. The molecular formula is C39H43Cl2F2N3O7S. The van der Waals surface area contributed by atoms with Crippen LogP contribution < -0.4 is 19.8 Å². The first-order valence-electron chi connectivity index (χ1n) is 17.6. The summed E-state index contributed by atoms with van der Waals surface area (Å²) >= 11 is 14.2. The summed E-state index contributed by atoms with van der Waals surface area (Å²) in [6.07, 6.45) is 6.28. The van der Waals surface area contributed by atoms with E-state index >= 15 is 0 Å². The van der Waals surface area contributed by atoms with E-state index in [4.69, 9.17) is 42.1 Å². The van der Waals surface area contributed by atoms with Crippen LogP contribution in [0.5, 0.6) is 11.5 Å². The molecule has 0 bridgehead atoms. The number of likely N-dealkylation sites (tertiary alicyclic amines) is 1. The molecule has 1 aliphatic carbocycles. The van der Waals surface area contributed by atoms with Crippen LogP contribution in [-0.4, -0.2) is 62.3 Å². The SMILES string of the molecule is CN1CCC(COC(=O)C(NCc2ccc(C(=O)O[C@@H](Cc3c(Cl)c[nH+]cc3Cl)c3ccc(OC(F)F)c(OCC4CC4)c3)s2)c2ccccc2)CC1.[OH-].